The van der Waals surface area contributed by atoms with Crippen molar-refractivity contribution in [3.63, 3.8) is 0 Å². The second-order valence-corrected chi connectivity index (χ2v) is 8.47. The van der Waals surface area contributed by atoms with Crippen LogP contribution in [0, 0.1) is 0 Å². The molecule has 1 unspecified atom stereocenters. The summed E-state index contributed by atoms with van der Waals surface area (Å²) in [5, 5.41) is 1.16. The maximum atomic E-state index is 5.20. The molecule has 1 aliphatic heterocycles. The van der Waals surface area contributed by atoms with E-state index in [0.717, 1.165) is 28.7 Å². The van der Waals surface area contributed by atoms with Crippen LogP contribution in [0.15, 0.2) is 121 Å². The zero-order valence-corrected chi connectivity index (χ0v) is 18.3. The van der Waals surface area contributed by atoms with Crippen molar-refractivity contribution in [2.75, 3.05) is 4.90 Å². The van der Waals surface area contributed by atoms with Crippen molar-refractivity contribution in [1.82, 2.24) is 4.98 Å². The van der Waals surface area contributed by atoms with Crippen LogP contribution in [0.25, 0.3) is 28.2 Å². The minimum absolute atomic E-state index is 0.145. The van der Waals surface area contributed by atoms with Gasteiger partial charge in [-0.05, 0) is 22.8 Å². The highest BCUT2D eigenvalue weighted by Crippen LogP contribution is 2.42. The molecule has 33 heavy (non-hydrogen) atoms. The van der Waals surface area contributed by atoms with Crippen LogP contribution in [0.5, 0.6) is 0 Å². The monoisotopic (exact) mass is 424 g/mol. The minimum Gasteiger partial charge on any atom is -0.354 e. The molecule has 2 heteroatoms. The number of benzene rings is 4. The lowest BCUT2D eigenvalue weighted by Gasteiger charge is -2.37. The van der Waals surface area contributed by atoms with Gasteiger partial charge in [-0.3, -0.25) is 0 Å². The molecule has 0 saturated heterocycles. The second kappa shape index (κ2) is 8.40. The van der Waals surface area contributed by atoms with E-state index in [1.807, 2.05) is 6.07 Å². The molecule has 0 amide bonds. The van der Waals surface area contributed by atoms with Gasteiger partial charge in [0, 0.05) is 17.5 Å². The smallest absolute Gasteiger partial charge is 0.0949 e. The molecular formula is C31H24N2. The Morgan fingerprint density at radius 1 is 0.667 bits per heavy atom. The molecule has 1 aliphatic rings. The van der Waals surface area contributed by atoms with E-state index in [2.05, 4.69) is 126 Å². The molecule has 0 N–H and O–H groups in total. The van der Waals surface area contributed by atoms with Crippen LogP contribution in [-0.4, -0.2) is 4.98 Å². The summed E-state index contributed by atoms with van der Waals surface area (Å²) in [5.74, 6) is 0. The summed E-state index contributed by atoms with van der Waals surface area (Å²) in [6.45, 7) is 0.814. The third kappa shape index (κ3) is 3.70. The SMILES string of the molecule is C1=CC(c2ccccc2)N(Cc2ccccc2)c2c1ccc1ccc(-c3ccccc3)nc21. The van der Waals surface area contributed by atoms with E-state index in [4.69, 9.17) is 4.98 Å². The first-order valence-electron chi connectivity index (χ1n) is 11.4. The zero-order valence-electron chi connectivity index (χ0n) is 18.3. The summed E-state index contributed by atoms with van der Waals surface area (Å²) in [5.41, 5.74) is 8.17. The average molecular weight is 425 g/mol. The van der Waals surface area contributed by atoms with Crippen LogP contribution in [-0.2, 0) is 6.54 Å². The molecule has 0 saturated carbocycles. The molecule has 5 aromatic rings. The fourth-order valence-electron chi connectivity index (χ4n) is 4.73. The topological polar surface area (TPSA) is 16.1 Å². The van der Waals surface area contributed by atoms with Gasteiger partial charge in [-0.25, -0.2) is 4.98 Å². The van der Waals surface area contributed by atoms with Crippen LogP contribution in [0.4, 0.5) is 5.69 Å². The second-order valence-electron chi connectivity index (χ2n) is 8.47. The lowest BCUT2D eigenvalue weighted by molar-refractivity contribution is 0.719. The van der Waals surface area contributed by atoms with Gasteiger partial charge in [0.2, 0.25) is 0 Å². The molecule has 1 aromatic heterocycles. The summed E-state index contributed by atoms with van der Waals surface area (Å²) >= 11 is 0. The van der Waals surface area contributed by atoms with E-state index >= 15 is 0 Å². The number of hydrogen-bond donors (Lipinski definition) is 0. The largest absolute Gasteiger partial charge is 0.354 e. The van der Waals surface area contributed by atoms with E-state index in [9.17, 15) is 0 Å². The van der Waals surface area contributed by atoms with Crippen LogP contribution in [0.3, 0.4) is 0 Å². The Bertz CT molecular complexity index is 1420. The molecule has 158 valence electrons. The molecule has 2 nitrogen and oxygen atoms in total. The Kier molecular flexibility index (Phi) is 4.97. The van der Waals surface area contributed by atoms with Gasteiger partial charge in [-0.15, -0.1) is 0 Å². The van der Waals surface area contributed by atoms with Gasteiger partial charge in [-0.1, -0.05) is 121 Å². The molecule has 6 rings (SSSR count). The van der Waals surface area contributed by atoms with E-state index < -0.39 is 0 Å². The Morgan fingerprint density at radius 2 is 1.33 bits per heavy atom. The maximum absolute atomic E-state index is 5.20. The van der Waals surface area contributed by atoms with Gasteiger partial charge in [0.25, 0.3) is 0 Å². The summed E-state index contributed by atoms with van der Waals surface area (Å²) in [6, 6.07) is 40.7. The quantitative estimate of drug-likeness (QED) is 0.294. The minimum atomic E-state index is 0.145. The van der Waals surface area contributed by atoms with Gasteiger partial charge in [-0.2, -0.15) is 0 Å². The number of aromatic nitrogens is 1. The van der Waals surface area contributed by atoms with Crippen molar-refractivity contribution in [2.24, 2.45) is 0 Å². The molecule has 1 atom stereocenters. The van der Waals surface area contributed by atoms with Gasteiger partial charge in [0.1, 0.15) is 0 Å². The molecule has 0 fully saturated rings. The van der Waals surface area contributed by atoms with E-state index in [1.165, 1.54) is 22.4 Å². The van der Waals surface area contributed by atoms with Gasteiger partial charge in [0.05, 0.1) is 22.9 Å². The van der Waals surface area contributed by atoms with Crippen molar-refractivity contribution in [3.05, 3.63) is 138 Å². The van der Waals surface area contributed by atoms with E-state index in [0.29, 0.717) is 0 Å². The summed E-state index contributed by atoms with van der Waals surface area (Å²) in [7, 11) is 0. The predicted octanol–water partition coefficient (Wildman–Crippen LogP) is 7.68. The van der Waals surface area contributed by atoms with Crippen molar-refractivity contribution in [1.29, 1.82) is 0 Å². The molecule has 2 heterocycles. The molecule has 0 bridgehead atoms. The molecule has 0 spiro atoms. The Morgan fingerprint density at radius 3 is 2.09 bits per heavy atom. The first-order chi connectivity index (χ1) is 16.4. The van der Waals surface area contributed by atoms with Gasteiger partial charge >= 0.3 is 0 Å². The highest BCUT2D eigenvalue weighted by molar-refractivity contribution is 5.98. The van der Waals surface area contributed by atoms with E-state index in [1.54, 1.807) is 0 Å². The lowest BCUT2D eigenvalue weighted by atomic mass is 9.94. The van der Waals surface area contributed by atoms with Crippen LogP contribution >= 0.6 is 0 Å². The summed E-state index contributed by atoms with van der Waals surface area (Å²) < 4.78 is 0. The van der Waals surface area contributed by atoms with Crippen molar-refractivity contribution >= 4 is 22.7 Å². The van der Waals surface area contributed by atoms with Gasteiger partial charge in [0.15, 0.2) is 0 Å². The molecule has 0 radical (unpaired) electrons. The first kappa shape index (κ1) is 19.5. The Hall–Kier alpha value is -4.17. The number of anilines is 1. The highest BCUT2D eigenvalue weighted by Gasteiger charge is 2.26. The fourth-order valence-corrected chi connectivity index (χ4v) is 4.73. The van der Waals surface area contributed by atoms with E-state index in [-0.39, 0.29) is 6.04 Å². The van der Waals surface area contributed by atoms with Crippen LogP contribution in [0.1, 0.15) is 22.7 Å². The van der Waals surface area contributed by atoms with Crippen molar-refractivity contribution < 1.29 is 0 Å². The van der Waals surface area contributed by atoms with Crippen molar-refractivity contribution in [3.8, 4) is 11.3 Å². The third-order valence-corrected chi connectivity index (χ3v) is 6.35. The molecule has 0 aliphatic carbocycles. The summed E-state index contributed by atoms with van der Waals surface area (Å²) in [4.78, 5) is 7.71. The van der Waals surface area contributed by atoms with Crippen molar-refractivity contribution in [2.45, 2.75) is 12.6 Å². The van der Waals surface area contributed by atoms with Crippen LogP contribution in [0.2, 0.25) is 0 Å². The number of fused-ring (bicyclic) bond motifs is 3. The average Bonchev–Trinajstić information content (AvgIpc) is 2.90. The Labute approximate surface area is 194 Å². The highest BCUT2D eigenvalue weighted by atomic mass is 15.2. The first-order valence-corrected chi connectivity index (χ1v) is 11.4. The lowest BCUT2D eigenvalue weighted by Crippen LogP contribution is -2.30. The normalized spacial score (nSPS) is 14.9. The number of pyridine rings is 1. The number of hydrogen-bond acceptors (Lipinski definition) is 2. The Balaban J connectivity index is 1.56. The fraction of sp³-hybridized carbons (Fsp3) is 0.0645. The third-order valence-electron chi connectivity index (χ3n) is 6.35. The van der Waals surface area contributed by atoms with Gasteiger partial charge < -0.3 is 4.90 Å². The molecule has 4 aromatic carbocycles. The predicted molar refractivity (Wildman–Crippen MR) is 138 cm³/mol. The zero-order chi connectivity index (χ0) is 22.0. The molecular weight excluding hydrogens is 400 g/mol. The standard InChI is InChI=1S/C31H24N2/c1-4-10-23(11-5-1)22-33-29(25-14-8-3-9-15-25)21-19-27-17-16-26-18-20-28(32-30(26)31(27)33)24-12-6-2-7-13-24/h1-21,29H,22H2. The maximum Gasteiger partial charge on any atom is 0.0949 e. The number of nitrogens with zero attached hydrogens (tertiary/aromatic N) is 2. The number of rotatable bonds is 4. The van der Waals surface area contributed by atoms with Crippen LogP contribution < -0.4 is 4.90 Å². The summed E-state index contributed by atoms with van der Waals surface area (Å²) in [6.07, 6.45) is 4.57.